The quantitative estimate of drug-likeness (QED) is 0.445. The molecular weight excluding hydrogens is 135 g/mol. The van der Waals surface area contributed by atoms with Crippen molar-refractivity contribution in [3.63, 3.8) is 0 Å². The molecule has 2 nitrogen and oxygen atoms in total. The smallest absolute Gasteiger partial charge is 0.306 e. The molecule has 0 unspecified atom stereocenters. The van der Waals surface area contributed by atoms with Gasteiger partial charge in [-0.05, 0) is 10.8 Å². The van der Waals surface area contributed by atoms with Crippen molar-refractivity contribution in [3.05, 3.63) is 16.3 Å². The predicted octanol–water partition coefficient (Wildman–Crippen LogP) is -0.470. The number of carbonyl (C=O) groups excluding carboxylic acids is 1. The summed E-state index contributed by atoms with van der Waals surface area (Å²) in [5.41, 5.74) is 1.32. The van der Waals surface area contributed by atoms with Crippen LogP contribution < -0.4 is 5.46 Å². The fourth-order valence-electron chi connectivity index (χ4n) is 0.565. The molecule has 0 saturated heterocycles. The third kappa shape index (κ3) is 1.20. The van der Waals surface area contributed by atoms with E-state index in [0.29, 0.717) is 5.56 Å². The molecule has 0 saturated carbocycles. The number of rotatable bonds is 2. The Morgan fingerprint density at radius 2 is 2.44 bits per heavy atom. The minimum absolute atomic E-state index is 0.0441. The van der Waals surface area contributed by atoms with Crippen molar-refractivity contribution in [2.75, 3.05) is 0 Å². The molecule has 0 radical (unpaired) electrons. The van der Waals surface area contributed by atoms with E-state index in [2.05, 4.69) is 0 Å². The number of carbonyl (C=O) groups is 1. The number of hydrogen-bond acceptors (Lipinski definition) is 3. The second-order valence-electron chi connectivity index (χ2n) is 1.63. The van der Waals surface area contributed by atoms with Crippen LogP contribution in [0.15, 0.2) is 10.8 Å². The van der Waals surface area contributed by atoms with Gasteiger partial charge in [-0.2, -0.15) is 11.3 Å². The van der Waals surface area contributed by atoms with E-state index >= 15 is 0 Å². The van der Waals surface area contributed by atoms with E-state index in [4.69, 9.17) is 5.02 Å². The highest BCUT2D eigenvalue weighted by molar-refractivity contribution is 7.09. The van der Waals surface area contributed by atoms with Crippen LogP contribution in [-0.4, -0.2) is 18.8 Å². The topological polar surface area (TPSA) is 37.3 Å². The monoisotopic (exact) mass is 140 g/mol. The van der Waals surface area contributed by atoms with Crippen molar-refractivity contribution < 1.29 is 9.82 Å². The van der Waals surface area contributed by atoms with Gasteiger partial charge in [-0.25, -0.2) is 0 Å². The third-order valence-electron chi connectivity index (χ3n) is 1.07. The Bertz CT molecular complexity index is 208. The van der Waals surface area contributed by atoms with Crippen molar-refractivity contribution in [2.24, 2.45) is 0 Å². The van der Waals surface area contributed by atoms with Crippen LogP contribution in [0.25, 0.3) is 0 Å². The first kappa shape index (κ1) is 6.51. The largest absolute Gasteiger partial charge is 0.449 e. The molecule has 0 amide bonds. The Labute approximate surface area is 57.4 Å². The maximum atomic E-state index is 10.1. The molecule has 0 aromatic carbocycles. The zero-order chi connectivity index (χ0) is 6.69. The molecule has 0 atom stereocenters. The van der Waals surface area contributed by atoms with E-state index in [-0.39, 0.29) is 7.48 Å². The standard InChI is InChI=1S/C5H5BO2S/c7-1-4-2-9-3-5(4)6-8/h1-3,6,8H. The molecule has 0 aliphatic heterocycles. The van der Waals surface area contributed by atoms with E-state index in [1.807, 2.05) is 0 Å². The normalized spacial score (nSPS) is 9.00. The van der Waals surface area contributed by atoms with Gasteiger partial charge in [0.2, 0.25) is 0 Å². The van der Waals surface area contributed by atoms with Gasteiger partial charge in [0, 0.05) is 10.9 Å². The van der Waals surface area contributed by atoms with Gasteiger partial charge in [0.05, 0.1) is 0 Å². The first-order chi connectivity index (χ1) is 4.38. The Morgan fingerprint density at radius 3 is 2.89 bits per heavy atom. The fraction of sp³-hybridized carbons (Fsp3) is 0. The van der Waals surface area contributed by atoms with E-state index in [9.17, 15) is 4.79 Å². The molecule has 0 bridgehead atoms. The molecule has 1 rings (SSSR count). The maximum absolute atomic E-state index is 10.1. The molecule has 1 aromatic heterocycles. The summed E-state index contributed by atoms with van der Waals surface area (Å²) in [4.78, 5) is 10.1. The molecular formula is C5H5BO2S. The Hall–Kier alpha value is -0.605. The fourth-order valence-corrected chi connectivity index (χ4v) is 1.36. The lowest BCUT2D eigenvalue weighted by molar-refractivity contribution is 0.112. The maximum Gasteiger partial charge on any atom is 0.306 e. The van der Waals surface area contributed by atoms with Gasteiger partial charge in [0.25, 0.3) is 0 Å². The molecule has 1 heterocycles. The van der Waals surface area contributed by atoms with Crippen LogP contribution in [0.2, 0.25) is 0 Å². The van der Waals surface area contributed by atoms with E-state index in [1.54, 1.807) is 10.8 Å². The molecule has 0 fully saturated rings. The third-order valence-corrected chi connectivity index (χ3v) is 1.88. The van der Waals surface area contributed by atoms with Gasteiger partial charge in [0.1, 0.15) is 6.29 Å². The molecule has 1 N–H and O–H groups in total. The molecule has 0 aliphatic carbocycles. The summed E-state index contributed by atoms with van der Waals surface area (Å²) in [6.45, 7) is 0. The van der Waals surface area contributed by atoms with Gasteiger partial charge in [0.15, 0.2) is 0 Å². The van der Waals surface area contributed by atoms with Gasteiger partial charge in [-0.1, -0.05) is 0 Å². The second-order valence-corrected chi connectivity index (χ2v) is 2.37. The highest BCUT2D eigenvalue weighted by Gasteiger charge is 2.00. The van der Waals surface area contributed by atoms with Gasteiger partial charge in [-0.3, -0.25) is 4.79 Å². The van der Waals surface area contributed by atoms with E-state index in [0.717, 1.165) is 11.7 Å². The number of aldehydes is 1. The van der Waals surface area contributed by atoms with Crippen LogP contribution in [0.5, 0.6) is 0 Å². The zero-order valence-electron chi connectivity index (χ0n) is 4.70. The molecule has 4 heteroatoms. The first-order valence-electron chi connectivity index (χ1n) is 2.49. The highest BCUT2D eigenvalue weighted by Crippen LogP contribution is 1.98. The first-order valence-corrected chi connectivity index (χ1v) is 3.44. The van der Waals surface area contributed by atoms with Crippen LogP contribution in [0.1, 0.15) is 10.4 Å². The molecule has 9 heavy (non-hydrogen) atoms. The second kappa shape index (κ2) is 2.80. The van der Waals surface area contributed by atoms with Crippen LogP contribution in [0.3, 0.4) is 0 Å². The Balaban J connectivity index is 2.98. The van der Waals surface area contributed by atoms with E-state index < -0.39 is 0 Å². The lowest BCUT2D eigenvalue weighted by Crippen LogP contribution is -2.14. The van der Waals surface area contributed by atoms with Crippen LogP contribution in [0.4, 0.5) is 0 Å². The summed E-state index contributed by atoms with van der Waals surface area (Å²) in [5.74, 6) is 0. The number of thiophene rings is 1. The summed E-state index contributed by atoms with van der Waals surface area (Å²) in [7, 11) is -0.0441. The minimum Gasteiger partial charge on any atom is -0.449 e. The van der Waals surface area contributed by atoms with Crippen molar-refractivity contribution in [3.8, 4) is 0 Å². The van der Waals surface area contributed by atoms with E-state index in [1.165, 1.54) is 11.3 Å². The van der Waals surface area contributed by atoms with Crippen molar-refractivity contribution in [1.82, 2.24) is 0 Å². The molecule has 1 aromatic rings. The summed E-state index contributed by atoms with van der Waals surface area (Å²) >= 11 is 1.42. The number of hydrogen-bond donors (Lipinski definition) is 1. The Morgan fingerprint density at radius 1 is 1.67 bits per heavy atom. The summed E-state index contributed by atoms with van der Waals surface area (Å²) in [6, 6.07) is 0. The lowest BCUT2D eigenvalue weighted by atomic mass is 9.89. The Kier molecular flexibility index (Phi) is 2.03. The van der Waals surface area contributed by atoms with Crippen molar-refractivity contribution >= 4 is 30.6 Å². The summed E-state index contributed by atoms with van der Waals surface area (Å²) < 4.78 is 0. The zero-order valence-corrected chi connectivity index (χ0v) is 5.52. The average molecular weight is 140 g/mol. The molecule has 0 aliphatic rings. The average Bonchev–Trinajstić information content (AvgIpc) is 2.33. The van der Waals surface area contributed by atoms with Crippen LogP contribution >= 0.6 is 11.3 Å². The molecule has 46 valence electrons. The van der Waals surface area contributed by atoms with Crippen molar-refractivity contribution in [2.45, 2.75) is 0 Å². The van der Waals surface area contributed by atoms with Crippen LogP contribution in [0, 0.1) is 0 Å². The van der Waals surface area contributed by atoms with Gasteiger partial charge >= 0.3 is 7.48 Å². The molecule has 0 spiro atoms. The van der Waals surface area contributed by atoms with Gasteiger partial charge in [-0.15, -0.1) is 0 Å². The van der Waals surface area contributed by atoms with Crippen LogP contribution in [-0.2, 0) is 0 Å². The minimum atomic E-state index is -0.0441. The summed E-state index contributed by atoms with van der Waals surface area (Å²) in [6.07, 6.45) is 0.752. The van der Waals surface area contributed by atoms with Gasteiger partial charge < -0.3 is 5.02 Å². The lowest BCUT2D eigenvalue weighted by Gasteiger charge is -1.84. The van der Waals surface area contributed by atoms with Crippen molar-refractivity contribution in [1.29, 1.82) is 0 Å². The summed E-state index contributed by atoms with van der Waals surface area (Å²) in [5, 5.41) is 12.1. The SMILES string of the molecule is O=Cc1cscc1BO. The highest BCUT2D eigenvalue weighted by atomic mass is 32.1. The predicted molar refractivity (Wildman–Crippen MR) is 38.7 cm³/mol.